The van der Waals surface area contributed by atoms with Crippen molar-refractivity contribution in [3.05, 3.63) is 51.3 Å². The number of aromatic nitrogens is 1. The molecule has 1 N–H and O–H groups in total. The van der Waals surface area contributed by atoms with Crippen molar-refractivity contribution in [3.63, 3.8) is 0 Å². The molecule has 4 rings (SSSR count). The lowest BCUT2D eigenvalue weighted by Crippen LogP contribution is -2.43. The second kappa shape index (κ2) is 8.56. The highest BCUT2D eigenvalue weighted by molar-refractivity contribution is 7.11. The van der Waals surface area contributed by atoms with Gasteiger partial charge in [-0.05, 0) is 50.2 Å². The van der Waals surface area contributed by atoms with Crippen LogP contribution in [-0.4, -0.2) is 37.1 Å². The SMILES string of the molecule is COc1ccc(Cl)cc1NC(=O)CN1C(=O)COc2ccc(-c3nc(C)sc3C)cc21. The van der Waals surface area contributed by atoms with Crippen LogP contribution in [0.25, 0.3) is 11.3 Å². The second-order valence-electron chi connectivity index (χ2n) is 6.98. The fourth-order valence-corrected chi connectivity index (χ4v) is 4.44. The second-order valence-corrected chi connectivity index (χ2v) is 8.83. The van der Waals surface area contributed by atoms with Crippen LogP contribution < -0.4 is 19.7 Å². The first kappa shape index (κ1) is 21.1. The predicted octanol–water partition coefficient (Wildman–Crippen LogP) is 4.45. The number of aryl methyl sites for hydroxylation is 2. The van der Waals surface area contributed by atoms with Gasteiger partial charge in [0.05, 0.1) is 29.2 Å². The van der Waals surface area contributed by atoms with E-state index in [0.717, 1.165) is 21.1 Å². The molecule has 2 aromatic carbocycles. The quantitative estimate of drug-likeness (QED) is 0.612. The first-order valence-electron chi connectivity index (χ1n) is 9.50. The van der Waals surface area contributed by atoms with E-state index in [0.29, 0.717) is 27.9 Å². The van der Waals surface area contributed by atoms with Gasteiger partial charge in [-0.3, -0.25) is 14.5 Å². The summed E-state index contributed by atoms with van der Waals surface area (Å²) in [6.45, 7) is 3.65. The van der Waals surface area contributed by atoms with E-state index in [2.05, 4.69) is 10.3 Å². The number of methoxy groups -OCH3 is 1. The summed E-state index contributed by atoms with van der Waals surface area (Å²) in [6, 6.07) is 10.5. The molecule has 0 bridgehead atoms. The molecule has 3 aromatic rings. The minimum absolute atomic E-state index is 0.130. The van der Waals surface area contributed by atoms with Gasteiger partial charge in [0.2, 0.25) is 5.91 Å². The van der Waals surface area contributed by atoms with Crippen molar-refractivity contribution in [1.82, 2.24) is 4.98 Å². The van der Waals surface area contributed by atoms with Crippen LogP contribution in [0.3, 0.4) is 0 Å². The highest BCUT2D eigenvalue weighted by Crippen LogP contribution is 2.37. The van der Waals surface area contributed by atoms with E-state index in [1.165, 1.54) is 12.0 Å². The molecular weight excluding hydrogens is 438 g/mol. The smallest absolute Gasteiger partial charge is 0.265 e. The van der Waals surface area contributed by atoms with Crippen LogP contribution in [0.15, 0.2) is 36.4 Å². The number of halogens is 1. The molecule has 2 heterocycles. The monoisotopic (exact) mass is 457 g/mol. The fourth-order valence-electron chi connectivity index (χ4n) is 3.43. The van der Waals surface area contributed by atoms with Crippen LogP contribution in [0.2, 0.25) is 5.02 Å². The molecule has 0 saturated heterocycles. The Balaban J connectivity index is 1.62. The summed E-state index contributed by atoms with van der Waals surface area (Å²) in [7, 11) is 1.50. The molecule has 0 aliphatic carbocycles. The molecule has 1 aromatic heterocycles. The number of thiazole rings is 1. The van der Waals surface area contributed by atoms with Gasteiger partial charge in [0.25, 0.3) is 5.91 Å². The molecule has 0 atom stereocenters. The van der Waals surface area contributed by atoms with Crippen LogP contribution >= 0.6 is 22.9 Å². The van der Waals surface area contributed by atoms with E-state index in [-0.39, 0.29) is 25.0 Å². The fraction of sp³-hybridized carbons (Fsp3) is 0.227. The summed E-state index contributed by atoms with van der Waals surface area (Å²) in [5.74, 6) is 0.334. The number of rotatable bonds is 5. The summed E-state index contributed by atoms with van der Waals surface area (Å²) in [4.78, 5) is 32.5. The van der Waals surface area contributed by atoms with Crippen molar-refractivity contribution in [2.45, 2.75) is 13.8 Å². The van der Waals surface area contributed by atoms with Crippen molar-refractivity contribution in [2.75, 3.05) is 30.5 Å². The van der Waals surface area contributed by atoms with Gasteiger partial charge in [-0.1, -0.05) is 11.6 Å². The maximum atomic E-state index is 12.8. The number of fused-ring (bicyclic) bond motifs is 1. The summed E-state index contributed by atoms with van der Waals surface area (Å²) >= 11 is 7.65. The normalized spacial score (nSPS) is 12.9. The molecule has 160 valence electrons. The Kier molecular flexibility index (Phi) is 5.84. The van der Waals surface area contributed by atoms with Crippen LogP contribution in [0.1, 0.15) is 9.88 Å². The number of nitrogens with one attached hydrogen (secondary N) is 1. The maximum Gasteiger partial charge on any atom is 0.265 e. The number of benzene rings is 2. The molecule has 0 spiro atoms. The van der Waals surface area contributed by atoms with Gasteiger partial charge in [0.1, 0.15) is 18.0 Å². The molecule has 0 saturated carbocycles. The van der Waals surface area contributed by atoms with Crippen molar-refractivity contribution in [3.8, 4) is 22.8 Å². The minimum atomic E-state index is -0.382. The van der Waals surface area contributed by atoms with E-state index in [1.807, 2.05) is 26.0 Å². The van der Waals surface area contributed by atoms with Crippen molar-refractivity contribution in [1.29, 1.82) is 0 Å². The average Bonchev–Trinajstić information content (AvgIpc) is 3.08. The van der Waals surface area contributed by atoms with E-state index < -0.39 is 0 Å². The number of carbonyl (C=O) groups is 2. The number of amides is 2. The van der Waals surface area contributed by atoms with Gasteiger partial charge in [0.15, 0.2) is 6.61 Å². The first-order chi connectivity index (χ1) is 14.9. The number of nitrogens with zero attached hydrogens (tertiary/aromatic N) is 2. The lowest BCUT2D eigenvalue weighted by atomic mass is 10.1. The predicted molar refractivity (Wildman–Crippen MR) is 122 cm³/mol. The molecule has 31 heavy (non-hydrogen) atoms. The standard InChI is InChI=1S/C22H20ClN3O4S/c1-12-22(24-13(2)31-12)14-4-6-19-17(8-14)26(21(28)11-30-19)10-20(27)25-16-9-15(23)5-7-18(16)29-3/h4-9H,10-11H2,1-3H3,(H,25,27). The van der Waals surface area contributed by atoms with Gasteiger partial charge in [-0.25, -0.2) is 4.98 Å². The highest BCUT2D eigenvalue weighted by atomic mass is 35.5. The lowest BCUT2D eigenvalue weighted by Gasteiger charge is -2.29. The molecule has 2 amide bonds. The number of ether oxygens (including phenoxy) is 2. The maximum absolute atomic E-state index is 12.8. The number of hydrogen-bond acceptors (Lipinski definition) is 6. The molecule has 0 unspecified atom stereocenters. The minimum Gasteiger partial charge on any atom is -0.495 e. The largest absolute Gasteiger partial charge is 0.495 e. The first-order valence-corrected chi connectivity index (χ1v) is 10.7. The van der Waals surface area contributed by atoms with Gasteiger partial charge in [-0.15, -0.1) is 11.3 Å². The zero-order chi connectivity index (χ0) is 22.1. The van der Waals surface area contributed by atoms with Crippen molar-refractivity contribution < 1.29 is 19.1 Å². The van der Waals surface area contributed by atoms with Crippen LogP contribution in [-0.2, 0) is 9.59 Å². The Morgan fingerprint density at radius 1 is 1.29 bits per heavy atom. The van der Waals surface area contributed by atoms with Gasteiger partial charge < -0.3 is 14.8 Å². The topological polar surface area (TPSA) is 80.8 Å². The van der Waals surface area contributed by atoms with Gasteiger partial charge in [0, 0.05) is 15.5 Å². The zero-order valence-corrected chi connectivity index (χ0v) is 18.8. The van der Waals surface area contributed by atoms with Crippen LogP contribution in [0.5, 0.6) is 11.5 Å². The number of carbonyl (C=O) groups excluding carboxylic acids is 2. The number of hydrogen-bond donors (Lipinski definition) is 1. The summed E-state index contributed by atoms with van der Waals surface area (Å²) < 4.78 is 10.8. The third-order valence-corrected chi connectivity index (χ3v) is 5.94. The van der Waals surface area contributed by atoms with Crippen molar-refractivity contribution >= 4 is 46.1 Å². The molecule has 1 aliphatic heterocycles. The highest BCUT2D eigenvalue weighted by Gasteiger charge is 2.28. The third-order valence-electron chi connectivity index (χ3n) is 4.82. The average molecular weight is 458 g/mol. The molecule has 0 radical (unpaired) electrons. The Labute approximate surface area is 188 Å². The van der Waals surface area contributed by atoms with E-state index in [4.69, 9.17) is 21.1 Å². The zero-order valence-electron chi connectivity index (χ0n) is 17.2. The van der Waals surface area contributed by atoms with Crippen LogP contribution in [0.4, 0.5) is 11.4 Å². The Bertz CT molecular complexity index is 1180. The Morgan fingerprint density at radius 3 is 2.81 bits per heavy atom. The summed E-state index contributed by atoms with van der Waals surface area (Å²) in [6.07, 6.45) is 0. The van der Waals surface area contributed by atoms with Gasteiger partial charge in [-0.2, -0.15) is 0 Å². The molecule has 7 nitrogen and oxygen atoms in total. The number of anilines is 2. The third kappa shape index (κ3) is 4.35. The molecular formula is C22H20ClN3O4S. The Morgan fingerprint density at radius 2 is 2.10 bits per heavy atom. The van der Waals surface area contributed by atoms with E-state index in [9.17, 15) is 9.59 Å². The van der Waals surface area contributed by atoms with E-state index >= 15 is 0 Å². The van der Waals surface area contributed by atoms with E-state index in [1.54, 1.807) is 35.6 Å². The molecule has 0 fully saturated rings. The molecule has 9 heteroatoms. The van der Waals surface area contributed by atoms with Gasteiger partial charge >= 0.3 is 0 Å². The lowest BCUT2D eigenvalue weighted by molar-refractivity contribution is -0.123. The van der Waals surface area contributed by atoms with Crippen LogP contribution in [0, 0.1) is 13.8 Å². The van der Waals surface area contributed by atoms with Crippen molar-refractivity contribution in [2.24, 2.45) is 0 Å². The Hall–Kier alpha value is -3.10. The molecule has 1 aliphatic rings. The summed E-state index contributed by atoms with van der Waals surface area (Å²) in [5.41, 5.74) is 2.69. The summed E-state index contributed by atoms with van der Waals surface area (Å²) in [5, 5.41) is 4.19.